The summed E-state index contributed by atoms with van der Waals surface area (Å²) in [6.07, 6.45) is -46.4. The molecule has 37 heteroatoms. The quantitative estimate of drug-likeness (QED) is 0.0197. The van der Waals surface area contributed by atoms with Gasteiger partial charge in [0.25, 0.3) is 0 Å². The van der Waals surface area contributed by atoms with E-state index in [0.29, 0.717) is 44.9 Å². The number of esters is 2. The molecular formula is C78H124O37. The first kappa shape index (κ1) is 91.1. The van der Waals surface area contributed by atoms with Gasteiger partial charge < -0.3 is 173 Å². The van der Waals surface area contributed by atoms with Crippen molar-refractivity contribution in [2.45, 2.75) is 341 Å². The molecule has 20 N–H and O–H groups in total. The van der Waals surface area contributed by atoms with E-state index in [1.165, 1.54) is 26.0 Å². The molecule has 12 rings (SSSR count). The van der Waals surface area contributed by atoms with Crippen LogP contribution in [0.4, 0.5) is 0 Å². The Morgan fingerprint density at radius 1 is 0.539 bits per heavy atom. The van der Waals surface area contributed by atoms with Crippen molar-refractivity contribution in [1.82, 2.24) is 0 Å². The Bertz CT molecular complexity index is 3380. The Balaban J connectivity index is 0.764. The molecule has 0 radical (unpaired) electrons. The number of carbonyl (C=O) groups is 2. The van der Waals surface area contributed by atoms with Crippen molar-refractivity contribution < 1.29 is 183 Å². The monoisotopic (exact) mass is 1650 g/mol. The first-order valence-electron chi connectivity index (χ1n) is 40.2. The van der Waals surface area contributed by atoms with E-state index in [2.05, 4.69) is 61.1 Å². The van der Waals surface area contributed by atoms with Crippen molar-refractivity contribution in [3.63, 3.8) is 0 Å². The second-order valence-electron chi connectivity index (χ2n) is 36.4. The van der Waals surface area contributed by atoms with Gasteiger partial charge in [0.1, 0.15) is 146 Å². The molecule has 11 fully saturated rings. The normalized spacial score (nSPS) is 50.5. The van der Waals surface area contributed by atoms with Crippen LogP contribution in [-0.2, 0) is 80.6 Å². The van der Waals surface area contributed by atoms with E-state index in [1.54, 1.807) is 0 Å². The van der Waals surface area contributed by atoms with Crippen LogP contribution in [0.3, 0.4) is 0 Å². The standard InChI is InChI=1S/C78H124O37/c1-11-74(7,100)18-12-13-33(25-79)63(98)101-30-40-50(89)52(91)62(114-67-57(96)53(92)59(32(2)107-67)111-66-58(97)60(39(83)29-104-66)112-64-54(93)46(85)36(80)26-102-64)70(109-40)115-71(99)78-22-21-72(3,4)23-35(78)34-14-15-43-75(8)19-17-45(73(5,6)42(75)16-20-76(43,9)77(34,10)24-44(78)84)110-68-56(95)51(90)49(88)41(108-68)31-106-69-61(48(87)38(82)28-105-69)113-65-55(94)47(86)37(81)27-103-65/h11,13-14,32,35-62,64-70,79-97,100H,1,12,15-31H2,2-10H3/b33-13+/t32-,35-,36+,37+,38-,39+,40+,41+,42-,43+,44+,45-,46-,47-,48-,49+,50+,51-,52-,53-,54+,55+,56+,57+,58+,59-,60-,61+,62+,64-,65-,66-,67-,68-,69-,70-,74+,75-,76+,77+,78+/m0/s1. The topological polar surface area (TPSA) is 577 Å². The zero-order valence-electron chi connectivity index (χ0n) is 66.3. The molecule has 37 nitrogen and oxygen atoms in total. The molecule has 0 bridgehead atoms. The highest BCUT2D eigenvalue weighted by Crippen LogP contribution is 2.76. The molecule has 12 aliphatic rings. The number of hydrogen-bond donors (Lipinski definition) is 20. The second-order valence-corrected chi connectivity index (χ2v) is 36.4. The molecule has 5 aliphatic carbocycles. The summed E-state index contributed by atoms with van der Waals surface area (Å²) in [4.78, 5) is 29.7. The summed E-state index contributed by atoms with van der Waals surface area (Å²) in [6.45, 7) is 17.5. The number of aliphatic hydroxyl groups is 20. The number of carbonyl (C=O) groups excluding carboxylic acids is 2. The molecule has 7 aliphatic heterocycles. The second kappa shape index (κ2) is 35.2. The number of hydrogen-bond acceptors (Lipinski definition) is 37. The van der Waals surface area contributed by atoms with E-state index in [1.807, 2.05) is 0 Å². The molecule has 0 aromatic heterocycles. The van der Waals surface area contributed by atoms with E-state index in [4.69, 9.17) is 71.1 Å². The first-order chi connectivity index (χ1) is 53.9. The molecule has 658 valence electrons. The van der Waals surface area contributed by atoms with Crippen molar-refractivity contribution in [2.75, 3.05) is 46.2 Å². The van der Waals surface area contributed by atoms with Gasteiger partial charge in [-0.05, 0) is 129 Å². The van der Waals surface area contributed by atoms with E-state index in [9.17, 15) is 107 Å². The van der Waals surface area contributed by atoms with E-state index >= 15 is 4.79 Å². The van der Waals surface area contributed by atoms with Gasteiger partial charge in [-0.25, -0.2) is 4.79 Å². The predicted molar refractivity (Wildman–Crippen MR) is 386 cm³/mol. The smallest absolute Gasteiger partial charge is 0.336 e. The van der Waals surface area contributed by atoms with Crippen molar-refractivity contribution >= 4 is 11.9 Å². The van der Waals surface area contributed by atoms with Gasteiger partial charge in [0, 0.05) is 0 Å². The lowest BCUT2D eigenvalue weighted by molar-refractivity contribution is -0.379. The highest BCUT2D eigenvalue weighted by atomic mass is 16.8. The maximum absolute atomic E-state index is 16.1. The highest BCUT2D eigenvalue weighted by Gasteiger charge is 2.73. The van der Waals surface area contributed by atoms with Crippen LogP contribution in [0, 0.1) is 50.2 Å². The van der Waals surface area contributed by atoms with Gasteiger partial charge in [0.15, 0.2) is 43.8 Å². The largest absolute Gasteiger partial charge is 0.459 e. The fraction of sp³-hybridized carbons (Fsp3) is 0.897. The number of rotatable bonds is 23. The summed E-state index contributed by atoms with van der Waals surface area (Å²) < 4.78 is 89.2. The first-order valence-corrected chi connectivity index (χ1v) is 40.2. The number of ether oxygens (including phenoxy) is 15. The highest BCUT2D eigenvalue weighted by molar-refractivity contribution is 5.88. The van der Waals surface area contributed by atoms with Crippen LogP contribution in [0.1, 0.15) is 133 Å². The minimum atomic E-state index is -2.15. The maximum atomic E-state index is 16.1. The number of allylic oxidation sites excluding steroid dienone is 3. The fourth-order valence-electron chi connectivity index (χ4n) is 20.9. The molecular weight excluding hydrogens is 1530 g/mol. The Morgan fingerprint density at radius 2 is 1.06 bits per heavy atom. The molecule has 41 atom stereocenters. The Hall–Kier alpha value is -3.16. The lowest BCUT2D eigenvalue weighted by Gasteiger charge is -2.71. The molecule has 7 heterocycles. The van der Waals surface area contributed by atoms with Gasteiger partial charge in [-0.2, -0.15) is 0 Å². The van der Waals surface area contributed by atoms with Gasteiger partial charge in [-0.1, -0.05) is 72.3 Å². The number of aliphatic hydroxyl groups excluding tert-OH is 19. The zero-order chi connectivity index (χ0) is 84.0. The SMILES string of the molecule is C=C[C@@](C)(O)CC/C=C(\CO)C(=O)OC[C@H]1O[C@@H](OC(=O)[C@]23CCC(C)(C)C[C@H]2C2=CC[C@@H]4[C@@]5(C)CC[C@H](O[C@@H]6O[C@H](CO[C@@H]7OC[C@H](O)[C@H](O)[C@H]7O[C@@H]7OC[C@@H](O)[C@H](O)[C@H]7O)[C@@H](O)[C@H](O)[C@H]6O)C(C)(C)[C@@H]5CC[C@@]4(C)[C@]2(C)C[C@H]3O)[C@H](O[C@@H]2O[C@@H](C)[C@H](O[C@@H]3OC[C@@H](O)[C@H](O[C@@H]4OC[C@@H](O)[C@H](O)[C@H]4O)[C@H]3O)[C@@H](O)[C@H]2O)[C@@H](O)[C@@H]1O. The van der Waals surface area contributed by atoms with Gasteiger partial charge in [-0.3, -0.25) is 4.79 Å². The number of fused-ring (bicyclic) bond motifs is 7. The summed E-state index contributed by atoms with van der Waals surface area (Å²) in [5.41, 5.74) is -5.11. The van der Waals surface area contributed by atoms with E-state index < -0.39 is 305 Å². The molecule has 7 saturated heterocycles. The molecule has 0 unspecified atom stereocenters. The summed E-state index contributed by atoms with van der Waals surface area (Å²) in [7, 11) is 0. The van der Waals surface area contributed by atoms with Gasteiger partial charge >= 0.3 is 11.9 Å². The van der Waals surface area contributed by atoms with Gasteiger partial charge in [0.2, 0.25) is 6.29 Å². The minimum Gasteiger partial charge on any atom is -0.459 e. The van der Waals surface area contributed by atoms with Crippen molar-refractivity contribution in [2.24, 2.45) is 50.2 Å². The third-order valence-corrected chi connectivity index (χ3v) is 28.3. The summed E-state index contributed by atoms with van der Waals surface area (Å²) in [6, 6.07) is 0. The van der Waals surface area contributed by atoms with Crippen LogP contribution >= 0.6 is 0 Å². The molecule has 0 spiro atoms. The van der Waals surface area contributed by atoms with Crippen molar-refractivity contribution in [3.8, 4) is 0 Å². The predicted octanol–water partition coefficient (Wildman–Crippen LogP) is -4.82. The van der Waals surface area contributed by atoms with Crippen LogP contribution < -0.4 is 0 Å². The maximum Gasteiger partial charge on any atom is 0.336 e. The molecule has 115 heavy (non-hydrogen) atoms. The zero-order valence-corrected chi connectivity index (χ0v) is 66.3. The fourth-order valence-corrected chi connectivity index (χ4v) is 20.9. The van der Waals surface area contributed by atoms with E-state index in [-0.39, 0.29) is 43.1 Å². The Labute approximate surface area is 666 Å². The van der Waals surface area contributed by atoms with Crippen LogP contribution in [-0.4, -0.2) is 369 Å². The van der Waals surface area contributed by atoms with Crippen LogP contribution in [0.15, 0.2) is 36.0 Å². The van der Waals surface area contributed by atoms with Crippen LogP contribution in [0.5, 0.6) is 0 Å². The average Bonchev–Trinajstić information content (AvgIpc) is 0.670. The van der Waals surface area contributed by atoms with Crippen molar-refractivity contribution in [1.29, 1.82) is 0 Å². The van der Waals surface area contributed by atoms with Crippen molar-refractivity contribution in [3.05, 3.63) is 36.0 Å². The third kappa shape index (κ3) is 17.3. The molecule has 4 saturated carbocycles. The average molecular weight is 1650 g/mol. The Morgan fingerprint density at radius 3 is 1.70 bits per heavy atom. The van der Waals surface area contributed by atoms with Crippen LogP contribution in [0.25, 0.3) is 0 Å². The summed E-state index contributed by atoms with van der Waals surface area (Å²) in [5.74, 6) is -2.81. The summed E-state index contributed by atoms with van der Waals surface area (Å²) >= 11 is 0. The summed E-state index contributed by atoms with van der Waals surface area (Å²) in [5, 5.41) is 222. The van der Waals surface area contributed by atoms with Gasteiger partial charge in [-0.15, -0.1) is 6.58 Å². The lowest BCUT2D eigenvalue weighted by atomic mass is 9.33. The minimum absolute atomic E-state index is 0.0325. The molecule has 0 aromatic carbocycles. The lowest BCUT2D eigenvalue weighted by Crippen LogP contribution is -2.69. The molecule has 0 aromatic rings. The van der Waals surface area contributed by atoms with Crippen LogP contribution in [0.2, 0.25) is 0 Å². The molecule has 0 amide bonds. The Kier molecular flexibility index (Phi) is 27.9. The third-order valence-electron chi connectivity index (χ3n) is 28.3. The van der Waals surface area contributed by atoms with Gasteiger partial charge in [0.05, 0.1) is 69.1 Å². The van der Waals surface area contributed by atoms with E-state index in [0.717, 1.165) is 5.57 Å².